The van der Waals surface area contributed by atoms with Gasteiger partial charge in [0.25, 0.3) is 0 Å². The fraction of sp³-hybridized carbons (Fsp3) is 0.933. The van der Waals surface area contributed by atoms with Gasteiger partial charge in [0.1, 0.15) is 0 Å². The van der Waals surface area contributed by atoms with E-state index >= 15 is 0 Å². The van der Waals surface area contributed by atoms with Crippen molar-refractivity contribution in [3.8, 4) is 0 Å². The molecular weight excluding hydrogens is 240 g/mol. The highest BCUT2D eigenvalue weighted by atomic mass is 16.5. The molecule has 0 saturated carbocycles. The van der Waals surface area contributed by atoms with Crippen molar-refractivity contribution in [3.63, 3.8) is 0 Å². The van der Waals surface area contributed by atoms with Crippen LogP contribution in [0, 0.1) is 0 Å². The number of amides is 1. The van der Waals surface area contributed by atoms with Crippen molar-refractivity contribution in [1.29, 1.82) is 0 Å². The van der Waals surface area contributed by atoms with E-state index in [4.69, 9.17) is 4.74 Å². The zero-order chi connectivity index (χ0) is 13.5. The summed E-state index contributed by atoms with van der Waals surface area (Å²) in [7, 11) is 0. The molecule has 0 spiro atoms. The molecule has 4 nitrogen and oxygen atoms in total. The summed E-state index contributed by atoms with van der Waals surface area (Å²) >= 11 is 0. The number of carbonyl (C=O) groups is 1. The maximum Gasteiger partial charge on any atom is 0.239 e. The van der Waals surface area contributed by atoms with E-state index in [2.05, 4.69) is 17.1 Å². The molecule has 4 heteroatoms. The molecule has 0 radical (unpaired) electrons. The van der Waals surface area contributed by atoms with E-state index in [1.54, 1.807) is 0 Å². The fourth-order valence-corrected chi connectivity index (χ4v) is 3.02. The summed E-state index contributed by atoms with van der Waals surface area (Å²) in [4.78, 5) is 14.5. The molecule has 110 valence electrons. The minimum Gasteiger partial charge on any atom is -0.378 e. The predicted molar refractivity (Wildman–Crippen MR) is 76.1 cm³/mol. The van der Waals surface area contributed by atoms with Gasteiger partial charge in [0.2, 0.25) is 5.91 Å². The van der Waals surface area contributed by atoms with Gasteiger partial charge in [0.05, 0.1) is 12.1 Å². The normalized spacial score (nSPS) is 29.0. The first kappa shape index (κ1) is 14.8. The molecular formula is C15H28N2O2. The van der Waals surface area contributed by atoms with Gasteiger partial charge in [-0.1, -0.05) is 13.3 Å². The Morgan fingerprint density at radius 3 is 2.84 bits per heavy atom. The Balaban J connectivity index is 1.79. The van der Waals surface area contributed by atoms with Crippen molar-refractivity contribution >= 4 is 5.91 Å². The van der Waals surface area contributed by atoms with Crippen molar-refractivity contribution in [3.05, 3.63) is 0 Å². The Hall–Kier alpha value is -0.610. The topological polar surface area (TPSA) is 41.6 Å². The lowest BCUT2D eigenvalue weighted by molar-refractivity contribution is -0.134. The fourth-order valence-electron chi connectivity index (χ4n) is 3.02. The lowest BCUT2D eigenvalue weighted by Crippen LogP contribution is -2.48. The van der Waals surface area contributed by atoms with Crippen molar-refractivity contribution in [2.24, 2.45) is 0 Å². The lowest BCUT2D eigenvalue weighted by atomic mass is 10.0. The maximum absolute atomic E-state index is 12.4. The Labute approximate surface area is 116 Å². The zero-order valence-electron chi connectivity index (χ0n) is 12.2. The van der Waals surface area contributed by atoms with E-state index in [1.165, 1.54) is 12.8 Å². The number of nitrogens with zero attached hydrogens (tertiary/aromatic N) is 1. The van der Waals surface area contributed by atoms with Crippen LogP contribution in [-0.4, -0.2) is 49.2 Å². The molecule has 0 bridgehead atoms. The molecule has 0 aliphatic carbocycles. The van der Waals surface area contributed by atoms with E-state index in [-0.39, 0.29) is 6.04 Å². The third-order valence-corrected chi connectivity index (χ3v) is 4.15. The second-order valence-corrected chi connectivity index (χ2v) is 5.75. The number of hydrogen-bond acceptors (Lipinski definition) is 3. The second-order valence-electron chi connectivity index (χ2n) is 5.75. The first-order chi connectivity index (χ1) is 9.31. The summed E-state index contributed by atoms with van der Waals surface area (Å²) in [5.41, 5.74) is 0. The van der Waals surface area contributed by atoms with E-state index in [9.17, 15) is 4.79 Å². The number of hydrogen-bond donors (Lipinski definition) is 1. The van der Waals surface area contributed by atoms with E-state index < -0.39 is 0 Å². The van der Waals surface area contributed by atoms with E-state index in [0.717, 1.165) is 58.3 Å². The smallest absolute Gasteiger partial charge is 0.239 e. The molecule has 2 rings (SSSR count). The number of likely N-dealkylation sites (tertiary alicyclic amines) is 1. The Kier molecular flexibility index (Phi) is 6.11. The summed E-state index contributed by atoms with van der Waals surface area (Å²) in [5.74, 6) is 0.316. The van der Waals surface area contributed by atoms with Gasteiger partial charge in [-0.2, -0.15) is 0 Å². The number of ether oxygens (including phenoxy) is 1. The van der Waals surface area contributed by atoms with Crippen LogP contribution in [-0.2, 0) is 9.53 Å². The van der Waals surface area contributed by atoms with Gasteiger partial charge in [-0.3, -0.25) is 4.79 Å². The highest BCUT2D eigenvalue weighted by Crippen LogP contribution is 2.17. The maximum atomic E-state index is 12.4. The standard InChI is InChI=1S/C15H28N2O2/c1-2-12-19-13-6-5-10-17(11-8-13)15(18)14-7-3-4-9-16-14/h13-14,16H,2-12H2,1H3/t13-,14-/m1/s1. The predicted octanol–water partition coefficient (Wildman–Crippen LogP) is 1.94. The van der Waals surface area contributed by atoms with Gasteiger partial charge >= 0.3 is 0 Å². The van der Waals surface area contributed by atoms with Crippen LogP contribution in [0.4, 0.5) is 0 Å². The average molecular weight is 268 g/mol. The van der Waals surface area contributed by atoms with Crippen molar-refractivity contribution in [2.75, 3.05) is 26.2 Å². The number of carbonyl (C=O) groups excluding carboxylic acids is 1. The second kappa shape index (κ2) is 7.85. The van der Waals surface area contributed by atoms with Crippen LogP contribution in [0.15, 0.2) is 0 Å². The van der Waals surface area contributed by atoms with Gasteiger partial charge in [0.15, 0.2) is 0 Å². The molecule has 0 aromatic rings. The van der Waals surface area contributed by atoms with Gasteiger partial charge in [0, 0.05) is 19.7 Å². The molecule has 2 saturated heterocycles. The summed E-state index contributed by atoms with van der Waals surface area (Å²) in [6.45, 7) is 5.75. The lowest BCUT2D eigenvalue weighted by Gasteiger charge is -2.29. The molecule has 2 aliphatic rings. The van der Waals surface area contributed by atoms with Gasteiger partial charge in [-0.15, -0.1) is 0 Å². The number of nitrogens with one attached hydrogen (secondary N) is 1. The van der Waals surface area contributed by atoms with Crippen LogP contribution in [0.1, 0.15) is 51.9 Å². The van der Waals surface area contributed by atoms with Gasteiger partial charge in [-0.25, -0.2) is 0 Å². The first-order valence-electron chi connectivity index (χ1n) is 7.95. The van der Waals surface area contributed by atoms with Crippen molar-refractivity contribution in [1.82, 2.24) is 10.2 Å². The molecule has 0 unspecified atom stereocenters. The molecule has 0 aromatic carbocycles. The Morgan fingerprint density at radius 1 is 1.21 bits per heavy atom. The largest absolute Gasteiger partial charge is 0.378 e. The molecule has 1 N–H and O–H groups in total. The summed E-state index contributed by atoms with van der Waals surface area (Å²) < 4.78 is 5.83. The number of piperidine rings is 1. The monoisotopic (exact) mass is 268 g/mol. The van der Waals surface area contributed by atoms with Crippen LogP contribution in [0.5, 0.6) is 0 Å². The summed E-state index contributed by atoms with van der Waals surface area (Å²) in [6, 6.07) is 0.0712. The molecule has 2 heterocycles. The molecule has 2 fully saturated rings. The molecule has 2 aliphatic heterocycles. The highest BCUT2D eigenvalue weighted by Gasteiger charge is 2.27. The van der Waals surface area contributed by atoms with Crippen LogP contribution >= 0.6 is 0 Å². The average Bonchev–Trinajstić information content (AvgIpc) is 2.71. The van der Waals surface area contributed by atoms with E-state index in [1.807, 2.05) is 0 Å². The molecule has 19 heavy (non-hydrogen) atoms. The zero-order valence-corrected chi connectivity index (χ0v) is 12.2. The van der Waals surface area contributed by atoms with Crippen LogP contribution in [0.25, 0.3) is 0 Å². The molecule has 2 atom stereocenters. The Morgan fingerprint density at radius 2 is 2.11 bits per heavy atom. The van der Waals surface area contributed by atoms with Crippen molar-refractivity contribution in [2.45, 2.75) is 64.0 Å². The van der Waals surface area contributed by atoms with Gasteiger partial charge < -0.3 is 15.0 Å². The van der Waals surface area contributed by atoms with Gasteiger partial charge in [-0.05, 0) is 45.1 Å². The summed E-state index contributed by atoms with van der Waals surface area (Å²) in [5, 5.41) is 3.36. The molecule has 0 aromatic heterocycles. The van der Waals surface area contributed by atoms with E-state index in [0.29, 0.717) is 12.0 Å². The minimum absolute atomic E-state index is 0.0712. The highest BCUT2D eigenvalue weighted by molar-refractivity contribution is 5.82. The third-order valence-electron chi connectivity index (χ3n) is 4.15. The third kappa shape index (κ3) is 4.46. The number of rotatable bonds is 4. The first-order valence-corrected chi connectivity index (χ1v) is 7.95. The van der Waals surface area contributed by atoms with Crippen LogP contribution < -0.4 is 5.32 Å². The van der Waals surface area contributed by atoms with Crippen molar-refractivity contribution < 1.29 is 9.53 Å². The Bertz CT molecular complexity index is 277. The summed E-state index contributed by atoms with van der Waals surface area (Å²) in [6.07, 6.45) is 8.00. The SMILES string of the molecule is CCCO[C@@H]1CCCN(C(=O)[C@H]2CCCCN2)CC1. The van der Waals surface area contributed by atoms with Crippen LogP contribution in [0.2, 0.25) is 0 Å². The van der Waals surface area contributed by atoms with Crippen LogP contribution in [0.3, 0.4) is 0 Å². The minimum atomic E-state index is 0.0712. The molecule has 1 amide bonds. The quantitative estimate of drug-likeness (QED) is 0.847.